The minimum absolute atomic E-state index is 0.129. The summed E-state index contributed by atoms with van der Waals surface area (Å²) in [5.74, 6) is 1.04. The molecule has 2 aromatic rings. The maximum absolute atomic E-state index is 9.75. The SMILES string of the molecule is Cc1ncc(CN(CCN(C)C)Cc2cccc(O)c2Cl)[nH]1. The molecule has 6 heteroatoms. The van der Waals surface area contributed by atoms with Crippen molar-refractivity contribution in [1.82, 2.24) is 19.8 Å². The van der Waals surface area contributed by atoms with Gasteiger partial charge in [0.25, 0.3) is 0 Å². The minimum Gasteiger partial charge on any atom is -0.506 e. The first-order valence-corrected chi connectivity index (χ1v) is 7.67. The summed E-state index contributed by atoms with van der Waals surface area (Å²) in [5.41, 5.74) is 2.00. The molecule has 0 fully saturated rings. The molecule has 1 aromatic heterocycles. The second-order valence-corrected chi connectivity index (χ2v) is 6.14. The Bertz CT molecular complexity index is 612. The van der Waals surface area contributed by atoms with E-state index in [1.165, 1.54) is 0 Å². The maximum atomic E-state index is 9.75. The van der Waals surface area contributed by atoms with Gasteiger partial charge in [0, 0.05) is 38.1 Å². The van der Waals surface area contributed by atoms with Crippen molar-refractivity contribution in [3.05, 3.63) is 46.5 Å². The molecular weight excluding hydrogens is 300 g/mol. The van der Waals surface area contributed by atoms with E-state index in [4.69, 9.17) is 11.6 Å². The van der Waals surface area contributed by atoms with Gasteiger partial charge in [0.1, 0.15) is 11.6 Å². The summed E-state index contributed by atoms with van der Waals surface area (Å²) in [7, 11) is 4.11. The Balaban J connectivity index is 2.11. The van der Waals surface area contributed by atoms with Crippen molar-refractivity contribution in [2.75, 3.05) is 27.2 Å². The topological polar surface area (TPSA) is 55.4 Å². The zero-order valence-electron chi connectivity index (χ0n) is 13.3. The third kappa shape index (κ3) is 4.73. The molecule has 120 valence electrons. The van der Waals surface area contributed by atoms with Crippen LogP contribution >= 0.6 is 11.6 Å². The van der Waals surface area contributed by atoms with Gasteiger partial charge in [-0.05, 0) is 32.6 Å². The smallest absolute Gasteiger partial charge is 0.134 e. The third-order valence-corrected chi connectivity index (χ3v) is 3.90. The lowest BCUT2D eigenvalue weighted by molar-refractivity contribution is 0.224. The van der Waals surface area contributed by atoms with Crippen molar-refractivity contribution in [1.29, 1.82) is 0 Å². The highest BCUT2D eigenvalue weighted by Gasteiger charge is 2.12. The van der Waals surface area contributed by atoms with E-state index in [0.717, 1.165) is 36.7 Å². The molecule has 0 bridgehead atoms. The van der Waals surface area contributed by atoms with Crippen LogP contribution < -0.4 is 0 Å². The van der Waals surface area contributed by atoms with Gasteiger partial charge in [-0.2, -0.15) is 0 Å². The Morgan fingerprint density at radius 1 is 1.23 bits per heavy atom. The van der Waals surface area contributed by atoms with E-state index in [-0.39, 0.29) is 5.75 Å². The highest BCUT2D eigenvalue weighted by Crippen LogP contribution is 2.27. The number of nitrogens with zero attached hydrogens (tertiary/aromatic N) is 3. The van der Waals surface area contributed by atoms with Gasteiger partial charge in [0.15, 0.2) is 0 Å². The molecule has 1 heterocycles. The fourth-order valence-electron chi connectivity index (χ4n) is 2.28. The number of rotatable bonds is 7. The number of hydrogen-bond donors (Lipinski definition) is 2. The molecule has 2 rings (SSSR count). The van der Waals surface area contributed by atoms with E-state index in [2.05, 4.69) is 33.9 Å². The van der Waals surface area contributed by atoms with Gasteiger partial charge in [0.05, 0.1) is 5.02 Å². The lowest BCUT2D eigenvalue weighted by atomic mass is 10.2. The normalized spacial score (nSPS) is 11.5. The molecule has 2 N–H and O–H groups in total. The summed E-state index contributed by atoms with van der Waals surface area (Å²) < 4.78 is 0. The molecule has 5 nitrogen and oxygen atoms in total. The van der Waals surface area contributed by atoms with E-state index >= 15 is 0 Å². The highest BCUT2D eigenvalue weighted by molar-refractivity contribution is 6.32. The van der Waals surface area contributed by atoms with Gasteiger partial charge >= 0.3 is 0 Å². The first kappa shape index (κ1) is 16.8. The number of aryl methyl sites for hydroxylation is 1. The number of imidazole rings is 1. The summed E-state index contributed by atoms with van der Waals surface area (Å²) in [4.78, 5) is 11.9. The molecule has 22 heavy (non-hydrogen) atoms. The summed E-state index contributed by atoms with van der Waals surface area (Å²) in [6.45, 7) is 5.24. The summed E-state index contributed by atoms with van der Waals surface area (Å²) in [6.07, 6.45) is 1.86. The van der Waals surface area contributed by atoms with E-state index in [1.54, 1.807) is 6.07 Å². The summed E-state index contributed by atoms with van der Waals surface area (Å²) in [6, 6.07) is 5.37. The van der Waals surface area contributed by atoms with Crippen molar-refractivity contribution in [3.8, 4) is 5.75 Å². The van der Waals surface area contributed by atoms with Crippen LogP contribution in [0.1, 0.15) is 17.1 Å². The van der Waals surface area contributed by atoms with Gasteiger partial charge in [-0.25, -0.2) is 4.98 Å². The van der Waals surface area contributed by atoms with Crippen LogP contribution in [0.25, 0.3) is 0 Å². The number of H-pyrrole nitrogens is 1. The number of hydrogen-bond acceptors (Lipinski definition) is 4. The van der Waals surface area contributed by atoms with Crippen LogP contribution in [0.15, 0.2) is 24.4 Å². The Morgan fingerprint density at radius 2 is 2.00 bits per heavy atom. The number of benzene rings is 1. The largest absolute Gasteiger partial charge is 0.506 e. The molecule has 0 radical (unpaired) electrons. The van der Waals surface area contributed by atoms with E-state index in [9.17, 15) is 5.11 Å². The van der Waals surface area contributed by atoms with Crippen molar-refractivity contribution >= 4 is 11.6 Å². The lowest BCUT2D eigenvalue weighted by Gasteiger charge is -2.24. The van der Waals surface area contributed by atoms with Crippen molar-refractivity contribution < 1.29 is 5.11 Å². The Kier molecular flexibility index (Phi) is 5.83. The predicted molar refractivity (Wildman–Crippen MR) is 89.1 cm³/mol. The summed E-state index contributed by atoms with van der Waals surface area (Å²) >= 11 is 6.20. The average Bonchev–Trinajstić information content (AvgIpc) is 2.86. The average molecular weight is 323 g/mol. The molecule has 1 aromatic carbocycles. The zero-order valence-corrected chi connectivity index (χ0v) is 14.1. The molecule has 0 atom stereocenters. The highest BCUT2D eigenvalue weighted by atomic mass is 35.5. The molecular formula is C16H23ClN4O. The van der Waals surface area contributed by atoms with Gasteiger partial charge < -0.3 is 15.0 Å². The van der Waals surface area contributed by atoms with Crippen LogP contribution in [0.2, 0.25) is 5.02 Å². The Morgan fingerprint density at radius 3 is 2.64 bits per heavy atom. The second kappa shape index (κ2) is 7.63. The molecule has 0 saturated heterocycles. The maximum Gasteiger partial charge on any atom is 0.134 e. The van der Waals surface area contributed by atoms with Crippen LogP contribution in [-0.2, 0) is 13.1 Å². The van der Waals surface area contributed by atoms with Gasteiger partial charge in [-0.1, -0.05) is 23.7 Å². The Labute approximate surface area is 136 Å². The van der Waals surface area contributed by atoms with Crippen LogP contribution in [0.4, 0.5) is 0 Å². The van der Waals surface area contributed by atoms with E-state index in [0.29, 0.717) is 11.6 Å². The first-order chi connectivity index (χ1) is 10.5. The molecule has 0 saturated carbocycles. The third-order valence-electron chi connectivity index (χ3n) is 3.47. The number of phenols is 1. The number of phenolic OH excluding ortho intramolecular Hbond substituents is 1. The first-order valence-electron chi connectivity index (χ1n) is 7.29. The van der Waals surface area contributed by atoms with Crippen LogP contribution in [0, 0.1) is 6.92 Å². The van der Waals surface area contributed by atoms with Crippen molar-refractivity contribution in [2.45, 2.75) is 20.0 Å². The van der Waals surface area contributed by atoms with E-state index < -0.39 is 0 Å². The second-order valence-electron chi connectivity index (χ2n) is 5.76. The van der Waals surface area contributed by atoms with Crippen LogP contribution in [0.3, 0.4) is 0 Å². The van der Waals surface area contributed by atoms with E-state index in [1.807, 2.05) is 25.3 Å². The lowest BCUT2D eigenvalue weighted by Crippen LogP contribution is -2.31. The van der Waals surface area contributed by atoms with Crippen molar-refractivity contribution in [3.63, 3.8) is 0 Å². The number of nitrogens with one attached hydrogen (secondary N) is 1. The predicted octanol–water partition coefficient (Wildman–Crippen LogP) is 2.64. The van der Waals surface area contributed by atoms with Crippen LogP contribution in [-0.4, -0.2) is 52.1 Å². The number of aromatic nitrogens is 2. The van der Waals surface area contributed by atoms with Crippen molar-refractivity contribution in [2.24, 2.45) is 0 Å². The van der Waals surface area contributed by atoms with Gasteiger partial charge in [0.2, 0.25) is 0 Å². The monoisotopic (exact) mass is 322 g/mol. The number of aromatic hydroxyl groups is 1. The molecule has 0 aliphatic heterocycles. The molecule has 0 aliphatic carbocycles. The molecule has 0 unspecified atom stereocenters. The Hall–Kier alpha value is -1.56. The fraction of sp³-hybridized carbons (Fsp3) is 0.438. The standard InChI is InChI=1S/C16H23ClN4O/c1-12-18-9-14(19-12)11-21(8-7-20(2)3)10-13-5-4-6-15(22)16(13)17/h4-6,9,22H,7-8,10-11H2,1-3H3,(H,18,19). The quantitative estimate of drug-likeness (QED) is 0.823. The zero-order chi connectivity index (χ0) is 16.1. The number of likely N-dealkylation sites (N-methyl/N-ethyl adjacent to an activating group) is 1. The molecule has 0 spiro atoms. The minimum atomic E-state index is 0.129. The molecule has 0 amide bonds. The summed E-state index contributed by atoms with van der Waals surface area (Å²) in [5, 5.41) is 10.2. The number of aromatic amines is 1. The molecule has 0 aliphatic rings. The van der Waals surface area contributed by atoms with Gasteiger partial charge in [-0.15, -0.1) is 0 Å². The van der Waals surface area contributed by atoms with Gasteiger partial charge in [-0.3, -0.25) is 4.90 Å². The van der Waals surface area contributed by atoms with Crippen LogP contribution in [0.5, 0.6) is 5.75 Å². The fourth-order valence-corrected chi connectivity index (χ4v) is 2.46. The number of halogens is 1.